The molecule has 8 nitrogen and oxygen atoms in total. The van der Waals surface area contributed by atoms with E-state index in [9.17, 15) is 13.2 Å². The highest BCUT2D eigenvalue weighted by Gasteiger charge is 2.34. The maximum atomic E-state index is 13.7. The second-order valence-corrected chi connectivity index (χ2v) is 9.80. The number of hydrogen-bond acceptors (Lipinski definition) is 5. The molecule has 0 aliphatic carbocycles. The predicted octanol–water partition coefficient (Wildman–Crippen LogP) is 2.59. The average molecular weight is 449 g/mol. The number of rotatable bonds is 6. The quantitative estimate of drug-likeness (QED) is 0.678. The van der Waals surface area contributed by atoms with Crippen molar-refractivity contribution in [1.82, 2.24) is 19.0 Å². The number of morpholine rings is 1. The van der Waals surface area contributed by atoms with Crippen molar-refractivity contribution in [1.29, 1.82) is 0 Å². The monoisotopic (exact) mass is 448 g/mol. The Bertz CT molecular complexity index is 1070. The minimum Gasteiger partial charge on any atom is -0.377 e. The van der Waals surface area contributed by atoms with Crippen LogP contribution in [0.15, 0.2) is 23.1 Å². The van der Waals surface area contributed by atoms with Crippen molar-refractivity contribution in [2.24, 2.45) is 7.05 Å². The Morgan fingerprint density at radius 3 is 2.48 bits per heavy atom. The smallest absolute Gasteiger partial charge is 0.254 e. The Morgan fingerprint density at radius 1 is 1.23 bits per heavy atom. The highest BCUT2D eigenvalue weighted by molar-refractivity contribution is 7.89. The van der Waals surface area contributed by atoms with Gasteiger partial charge in [0.15, 0.2) is 0 Å². The molecule has 0 radical (unpaired) electrons. The normalized spacial score (nSPS) is 17.4. The van der Waals surface area contributed by atoms with E-state index in [1.54, 1.807) is 30.9 Å². The Balaban J connectivity index is 2.03. The molecule has 1 amide bonds. The third kappa shape index (κ3) is 4.26. The number of carbonyl (C=O) groups is 1. The van der Waals surface area contributed by atoms with Crippen LogP contribution in [0.4, 0.5) is 0 Å². The van der Waals surface area contributed by atoms with Gasteiger partial charge in [-0.2, -0.15) is 9.40 Å². The Morgan fingerprint density at radius 2 is 1.90 bits per heavy atom. The van der Waals surface area contributed by atoms with Crippen LogP contribution in [0.2, 0.25) is 0 Å². The van der Waals surface area contributed by atoms with Crippen LogP contribution in [0.5, 0.6) is 0 Å². The zero-order chi connectivity index (χ0) is 22.9. The van der Waals surface area contributed by atoms with Crippen LogP contribution in [-0.4, -0.2) is 66.2 Å². The van der Waals surface area contributed by atoms with Crippen LogP contribution in [0.25, 0.3) is 0 Å². The fourth-order valence-corrected chi connectivity index (χ4v) is 5.70. The molecule has 3 rings (SSSR count). The summed E-state index contributed by atoms with van der Waals surface area (Å²) in [5.41, 5.74) is 3.98. The van der Waals surface area contributed by atoms with Crippen LogP contribution >= 0.6 is 0 Å². The number of nitrogens with zero attached hydrogens (tertiary/aromatic N) is 4. The van der Waals surface area contributed by atoms with Crippen molar-refractivity contribution in [2.75, 3.05) is 32.8 Å². The molecule has 1 atom stereocenters. The zero-order valence-corrected chi connectivity index (χ0v) is 20.0. The molecular weight excluding hydrogens is 416 g/mol. The van der Waals surface area contributed by atoms with E-state index in [2.05, 4.69) is 5.10 Å². The Hall–Kier alpha value is -2.23. The molecule has 1 aliphatic rings. The van der Waals surface area contributed by atoms with Crippen molar-refractivity contribution in [2.45, 2.75) is 45.6 Å². The first-order valence-corrected chi connectivity index (χ1v) is 12.1. The Kier molecular flexibility index (Phi) is 6.88. The van der Waals surface area contributed by atoms with Gasteiger partial charge in [-0.25, -0.2) is 8.42 Å². The van der Waals surface area contributed by atoms with Gasteiger partial charge >= 0.3 is 0 Å². The highest BCUT2D eigenvalue weighted by atomic mass is 32.2. The summed E-state index contributed by atoms with van der Waals surface area (Å²) in [7, 11) is -1.77. The molecule has 170 valence electrons. The van der Waals surface area contributed by atoms with E-state index in [0.717, 1.165) is 22.5 Å². The van der Waals surface area contributed by atoms with Gasteiger partial charge in [0.1, 0.15) is 0 Å². The largest absolute Gasteiger partial charge is 0.377 e. The maximum absolute atomic E-state index is 13.7. The van der Waals surface area contributed by atoms with Crippen molar-refractivity contribution in [3.8, 4) is 0 Å². The summed E-state index contributed by atoms with van der Waals surface area (Å²) in [6.07, 6.45) is 0. The fraction of sp³-hybridized carbons (Fsp3) is 0.545. The number of hydrogen-bond donors (Lipinski definition) is 0. The molecule has 1 saturated heterocycles. The molecule has 0 unspecified atom stereocenters. The van der Waals surface area contributed by atoms with Gasteiger partial charge in [-0.15, -0.1) is 0 Å². The average Bonchev–Trinajstić information content (AvgIpc) is 2.99. The third-order valence-corrected chi connectivity index (χ3v) is 8.12. The van der Waals surface area contributed by atoms with E-state index < -0.39 is 10.0 Å². The van der Waals surface area contributed by atoms with Crippen LogP contribution < -0.4 is 0 Å². The van der Waals surface area contributed by atoms with Crippen LogP contribution in [0, 0.1) is 20.8 Å². The lowest BCUT2D eigenvalue weighted by atomic mass is 10.0. The molecule has 1 fully saturated rings. The van der Waals surface area contributed by atoms with Gasteiger partial charge in [0, 0.05) is 43.5 Å². The SMILES string of the molecule is CCN(CC)S(=O)(=O)c1ccc(C)c(C(=O)N2CCOC[C@@H]2c2c(C)nn(C)c2C)c1. The lowest BCUT2D eigenvalue weighted by molar-refractivity contribution is -0.00310. The van der Waals surface area contributed by atoms with Gasteiger partial charge < -0.3 is 9.64 Å². The van der Waals surface area contributed by atoms with E-state index in [0.29, 0.717) is 38.4 Å². The highest BCUT2D eigenvalue weighted by Crippen LogP contribution is 2.31. The zero-order valence-electron chi connectivity index (χ0n) is 19.2. The van der Waals surface area contributed by atoms with Crippen molar-refractivity contribution in [3.05, 3.63) is 46.3 Å². The Labute approximate surface area is 184 Å². The second kappa shape index (κ2) is 9.10. The molecule has 0 bridgehead atoms. The first-order valence-electron chi connectivity index (χ1n) is 10.6. The van der Waals surface area contributed by atoms with E-state index in [4.69, 9.17) is 4.74 Å². The van der Waals surface area contributed by atoms with Gasteiger partial charge in [0.25, 0.3) is 5.91 Å². The second-order valence-electron chi connectivity index (χ2n) is 7.86. The summed E-state index contributed by atoms with van der Waals surface area (Å²) < 4.78 is 34.9. The molecule has 0 N–H and O–H groups in total. The summed E-state index contributed by atoms with van der Waals surface area (Å²) in [6, 6.07) is 4.53. The summed E-state index contributed by atoms with van der Waals surface area (Å²) in [5, 5.41) is 4.49. The van der Waals surface area contributed by atoms with Gasteiger partial charge in [-0.3, -0.25) is 9.48 Å². The number of aryl methyl sites for hydroxylation is 3. The molecule has 2 heterocycles. The van der Waals surface area contributed by atoms with E-state index in [1.807, 2.05) is 32.5 Å². The third-order valence-electron chi connectivity index (χ3n) is 6.07. The summed E-state index contributed by atoms with van der Waals surface area (Å²) in [6.45, 7) is 11.4. The van der Waals surface area contributed by atoms with E-state index >= 15 is 0 Å². The molecule has 1 aromatic heterocycles. The number of amides is 1. The lowest BCUT2D eigenvalue weighted by Crippen LogP contribution is -2.44. The molecule has 1 aromatic carbocycles. The topological polar surface area (TPSA) is 84.7 Å². The number of benzene rings is 1. The molecule has 0 saturated carbocycles. The lowest BCUT2D eigenvalue weighted by Gasteiger charge is -2.36. The fourth-order valence-electron chi connectivity index (χ4n) is 4.22. The molecular formula is C22H32N4O4S. The minimum absolute atomic E-state index is 0.142. The van der Waals surface area contributed by atoms with Gasteiger partial charge in [-0.05, 0) is 38.5 Å². The van der Waals surface area contributed by atoms with Gasteiger partial charge in [0.05, 0.1) is 29.8 Å². The summed E-state index contributed by atoms with van der Waals surface area (Å²) >= 11 is 0. The molecule has 31 heavy (non-hydrogen) atoms. The maximum Gasteiger partial charge on any atom is 0.254 e. The molecule has 9 heteroatoms. The molecule has 1 aliphatic heterocycles. The standard InChI is InChI=1S/C22H32N4O4S/c1-7-25(8-2)31(28,29)18-10-9-15(3)19(13-18)22(27)26-11-12-30-14-20(26)21-16(4)23-24(6)17(21)5/h9-10,13,20H,7-8,11-12,14H2,1-6H3/t20-/m1/s1. The van der Waals surface area contributed by atoms with Crippen molar-refractivity contribution >= 4 is 15.9 Å². The first-order chi connectivity index (χ1) is 14.6. The van der Waals surface area contributed by atoms with E-state index in [1.165, 1.54) is 10.4 Å². The van der Waals surface area contributed by atoms with Gasteiger partial charge in [0.2, 0.25) is 10.0 Å². The summed E-state index contributed by atoms with van der Waals surface area (Å²) in [4.78, 5) is 15.6. The predicted molar refractivity (Wildman–Crippen MR) is 119 cm³/mol. The van der Waals surface area contributed by atoms with Crippen molar-refractivity contribution in [3.63, 3.8) is 0 Å². The number of aromatic nitrogens is 2. The first kappa shape index (κ1) is 23.4. The molecule has 0 spiro atoms. The van der Waals surface area contributed by atoms with Crippen LogP contribution in [-0.2, 0) is 21.8 Å². The number of carbonyl (C=O) groups excluding carboxylic acids is 1. The number of sulfonamides is 1. The summed E-state index contributed by atoms with van der Waals surface area (Å²) in [5.74, 6) is -0.190. The van der Waals surface area contributed by atoms with Crippen molar-refractivity contribution < 1.29 is 17.9 Å². The number of ether oxygens (including phenoxy) is 1. The van der Waals surface area contributed by atoms with Crippen LogP contribution in [0.3, 0.4) is 0 Å². The van der Waals surface area contributed by atoms with E-state index in [-0.39, 0.29) is 16.8 Å². The van der Waals surface area contributed by atoms with Crippen LogP contribution in [0.1, 0.15) is 52.8 Å². The molecule has 2 aromatic rings. The minimum atomic E-state index is -3.66. The van der Waals surface area contributed by atoms with Gasteiger partial charge in [-0.1, -0.05) is 19.9 Å².